The lowest BCUT2D eigenvalue weighted by molar-refractivity contribution is 0.151. The van der Waals surface area contributed by atoms with Crippen LogP contribution in [0.15, 0.2) is 53.3 Å². The van der Waals surface area contributed by atoms with E-state index in [2.05, 4.69) is 65.4 Å². The summed E-state index contributed by atoms with van der Waals surface area (Å²) in [5.74, 6) is 0.582. The first-order valence-corrected chi connectivity index (χ1v) is 12.0. The normalized spacial score (nSPS) is 11.1. The van der Waals surface area contributed by atoms with Crippen LogP contribution in [0.4, 0.5) is 4.79 Å². The van der Waals surface area contributed by atoms with Gasteiger partial charge >= 0.3 is 6.09 Å². The van der Waals surface area contributed by atoms with Crippen molar-refractivity contribution < 1.29 is 9.53 Å². The lowest BCUT2D eigenvalue weighted by Crippen LogP contribution is -2.17. The molecule has 2 heterocycles. The molecule has 3 aromatic rings. The number of aromatic nitrogens is 2. The van der Waals surface area contributed by atoms with Crippen LogP contribution in [0, 0.1) is 5.92 Å². The van der Waals surface area contributed by atoms with Gasteiger partial charge in [0, 0.05) is 41.3 Å². The van der Waals surface area contributed by atoms with Gasteiger partial charge in [-0.05, 0) is 36.0 Å². The minimum atomic E-state index is -0.381. The average Bonchev–Trinajstić information content (AvgIpc) is 3.37. The lowest BCUT2D eigenvalue weighted by Gasteiger charge is -2.08. The maximum Gasteiger partial charge on any atom is 0.417 e. The van der Waals surface area contributed by atoms with Gasteiger partial charge in [-0.25, -0.2) is 9.78 Å². The fraction of sp³-hybridized carbons (Fsp3) is 0.391. The molecule has 0 radical (unpaired) electrons. The number of benzene rings is 1. The Kier molecular flexibility index (Phi) is 8.39. The van der Waals surface area contributed by atoms with E-state index in [1.807, 2.05) is 12.5 Å². The molecule has 0 spiro atoms. The van der Waals surface area contributed by atoms with Crippen LogP contribution in [0.2, 0.25) is 0 Å². The van der Waals surface area contributed by atoms with Crippen molar-refractivity contribution in [1.82, 2.24) is 14.3 Å². The number of ether oxygens (including phenoxy) is 1. The topological polar surface area (TPSA) is 56.1 Å². The predicted molar refractivity (Wildman–Crippen MR) is 125 cm³/mol. The standard InChI is InChI=1S/C23H29N3O2S2/c1-4-5-12-28-23(27)25-30-22-21(14-20(29-22)13-17(2)3)19-8-6-18(7-9-19)15-26-11-10-24-16-26/h6-11,14,16-17H,4-5,12-13,15H2,1-3H3,(H,25,27). The van der Waals surface area contributed by atoms with Crippen molar-refractivity contribution >= 4 is 29.4 Å². The van der Waals surface area contributed by atoms with Gasteiger partial charge in [0.1, 0.15) is 0 Å². The van der Waals surface area contributed by atoms with E-state index in [0.29, 0.717) is 12.5 Å². The molecule has 0 bridgehead atoms. The fourth-order valence-corrected chi connectivity index (χ4v) is 5.26. The molecule has 0 saturated heterocycles. The molecule has 5 nitrogen and oxygen atoms in total. The van der Waals surface area contributed by atoms with E-state index < -0.39 is 0 Å². The molecule has 0 aliphatic carbocycles. The Morgan fingerprint density at radius 1 is 1.30 bits per heavy atom. The highest BCUT2D eigenvalue weighted by molar-refractivity contribution is 8.00. The van der Waals surface area contributed by atoms with Crippen molar-refractivity contribution in [1.29, 1.82) is 0 Å². The van der Waals surface area contributed by atoms with Gasteiger partial charge in [0.25, 0.3) is 0 Å². The predicted octanol–water partition coefficient (Wildman–Crippen LogP) is 6.39. The summed E-state index contributed by atoms with van der Waals surface area (Å²) in [6, 6.07) is 10.8. The first kappa shape index (κ1) is 22.4. The fourth-order valence-electron chi connectivity index (χ4n) is 3.01. The van der Waals surface area contributed by atoms with Crippen LogP contribution in [-0.4, -0.2) is 22.3 Å². The van der Waals surface area contributed by atoms with Crippen LogP contribution in [0.5, 0.6) is 0 Å². The number of nitrogens with one attached hydrogen (secondary N) is 1. The monoisotopic (exact) mass is 443 g/mol. The first-order valence-electron chi connectivity index (χ1n) is 10.3. The lowest BCUT2D eigenvalue weighted by atomic mass is 10.0. The number of thiophene rings is 1. The van der Waals surface area contributed by atoms with Gasteiger partial charge in [-0.1, -0.05) is 51.5 Å². The third kappa shape index (κ3) is 6.64. The molecule has 1 amide bonds. The van der Waals surface area contributed by atoms with Crippen LogP contribution in [-0.2, 0) is 17.7 Å². The van der Waals surface area contributed by atoms with Crippen LogP contribution in [0.1, 0.15) is 44.1 Å². The van der Waals surface area contributed by atoms with Crippen molar-refractivity contribution in [3.8, 4) is 11.1 Å². The average molecular weight is 444 g/mol. The Morgan fingerprint density at radius 2 is 2.10 bits per heavy atom. The molecule has 0 atom stereocenters. The van der Waals surface area contributed by atoms with Gasteiger partial charge in [-0.3, -0.25) is 4.72 Å². The van der Waals surface area contributed by atoms with Crippen molar-refractivity contribution in [2.75, 3.05) is 6.61 Å². The summed E-state index contributed by atoms with van der Waals surface area (Å²) in [5.41, 5.74) is 3.53. The van der Waals surface area contributed by atoms with E-state index in [1.165, 1.54) is 22.4 Å². The molecule has 2 aromatic heterocycles. The highest BCUT2D eigenvalue weighted by atomic mass is 32.2. The molecule has 160 valence electrons. The van der Waals surface area contributed by atoms with Gasteiger partial charge in [0.2, 0.25) is 0 Å². The summed E-state index contributed by atoms with van der Waals surface area (Å²) in [6.07, 6.45) is 8.11. The van der Waals surface area contributed by atoms with E-state index >= 15 is 0 Å². The first-order chi connectivity index (χ1) is 14.5. The molecule has 7 heteroatoms. The van der Waals surface area contributed by atoms with E-state index in [1.54, 1.807) is 17.5 Å². The van der Waals surface area contributed by atoms with Crippen LogP contribution in [0.25, 0.3) is 11.1 Å². The van der Waals surface area contributed by atoms with E-state index in [0.717, 1.165) is 41.1 Å². The zero-order valence-corrected chi connectivity index (χ0v) is 19.4. The second-order valence-electron chi connectivity index (χ2n) is 7.64. The zero-order valence-electron chi connectivity index (χ0n) is 17.8. The number of carbonyl (C=O) groups is 1. The summed E-state index contributed by atoms with van der Waals surface area (Å²) in [6.45, 7) is 7.78. The Morgan fingerprint density at radius 3 is 2.77 bits per heavy atom. The second-order valence-corrected chi connectivity index (χ2v) is 9.85. The number of hydrogen-bond donors (Lipinski definition) is 1. The van der Waals surface area contributed by atoms with Crippen molar-refractivity contribution in [2.45, 2.75) is 50.8 Å². The number of nitrogens with zero attached hydrogens (tertiary/aromatic N) is 2. The number of rotatable bonds is 10. The molecule has 30 heavy (non-hydrogen) atoms. The molecule has 0 aliphatic rings. The third-order valence-electron chi connectivity index (χ3n) is 4.51. The maximum absolute atomic E-state index is 12.0. The summed E-state index contributed by atoms with van der Waals surface area (Å²) in [5, 5.41) is 0. The zero-order chi connectivity index (χ0) is 21.3. The van der Waals surface area contributed by atoms with E-state index in [-0.39, 0.29) is 6.09 Å². The van der Waals surface area contributed by atoms with E-state index in [4.69, 9.17) is 4.74 Å². The number of imidazole rings is 1. The summed E-state index contributed by atoms with van der Waals surface area (Å²) in [7, 11) is 0. The van der Waals surface area contributed by atoms with Crippen LogP contribution in [0.3, 0.4) is 0 Å². The largest absolute Gasteiger partial charge is 0.449 e. The summed E-state index contributed by atoms with van der Waals surface area (Å²) < 4.78 is 11.2. The molecular formula is C23H29N3O2S2. The molecule has 1 N–H and O–H groups in total. The smallest absolute Gasteiger partial charge is 0.417 e. The van der Waals surface area contributed by atoms with Crippen LogP contribution < -0.4 is 4.72 Å². The quantitative estimate of drug-likeness (QED) is 0.291. The highest BCUT2D eigenvalue weighted by Crippen LogP contribution is 2.38. The summed E-state index contributed by atoms with van der Waals surface area (Å²) >= 11 is 3.09. The molecule has 1 aromatic carbocycles. The molecule has 0 unspecified atom stereocenters. The van der Waals surface area contributed by atoms with Crippen molar-refractivity contribution in [2.24, 2.45) is 5.92 Å². The van der Waals surface area contributed by atoms with Gasteiger partial charge in [-0.15, -0.1) is 11.3 Å². The molecule has 0 fully saturated rings. The Labute approximate surface area is 187 Å². The van der Waals surface area contributed by atoms with Crippen molar-refractivity contribution in [3.63, 3.8) is 0 Å². The summed E-state index contributed by atoms with van der Waals surface area (Å²) in [4.78, 5) is 17.4. The molecular weight excluding hydrogens is 414 g/mol. The number of amides is 1. The minimum Gasteiger partial charge on any atom is -0.449 e. The Balaban J connectivity index is 1.73. The van der Waals surface area contributed by atoms with Gasteiger partial charge in [0.05, 0.1) is 17.1 Å². The van der Waals surface area contributed by atoms with Crippen LogP contribution >= 0.6 is 23.3 Å². The van der Waals surface area contributed by atoms with Gasteiger partial charge in [0.15, 0.2) is 0 Å². The minimum absolute atomic E-state index is 0.381. The number of hydrogen-bond acceptors (Lipinski definition) is 5. The number of unbranched alkanes of at least 4 members (excludes halogenated alkanes) is 1. The Hall–Kier alpha value is -2.25. The Bertz CT molecular complexity index is 919. The maximum atomic E-state index is 12.0. The molecule has 0 saturated carbocycles. The molecule has 0 aliphatic heterocycles. The third-order valence-corrected chi connectivity index (χ3v) is 6.63. The van der Waals surface area contributed by atoms with Gasteiger partial charge < -0.3 is 9.30 Å². The van der Waals surface area contributed by atoms with Gasteiger partial charge in [-0.2, -0.15) is 0 Å². The second kappa shape index (κ2) is 11.2. The number of carbonyl (C=O) groups excluding carboxylic acids is 1. The SMILES string of the molecule is CCCCOC(=O)NSc1sc(CC(C)C)cc1-c1ccc(Cn2ccnc2)cc1. The highest BCUT2D eigenvalue weighted by Gasteiger charge is 2.15. The van der Waals surface area contributed by atoms with Crippen molar-refractivity contribution in [3.05, 3.63) is 59.5 Å². The molecule has 3 rings (SSSR count). The van der Waals surface area contributed by atoms with E-state index in [9.17, 15) is 4.79 Å².